The highest BCUT2D eigenvalue weighted by Crippen LogP contribution is 2.12. The van der Waals surface area contributed by atoms with Crippen molar-refractivity contribution in [3.8, 4) is 0 Å². The van der Waals surface area contributed by atoms with Gasteiger partial charge >= 0.3 is 0 Å². The summed E-state index contributed by atoms with van der Waals surface area (Å²) in [6, 6.07) is 9.54. The maximum atomic E-state index is 12.5. The minimum Gasteiger partial charge on any atom is -0.459 e. The van der Waals surface area contributed by atoms with E-state index in [4.69, 9.17) is 16.0 Å². The number of furan rings is 1. The summed E-state index contributed by atoms with van der Waals surface area (Å²) in [5.74, 6) is -0.586. The molecule has 1 fully saturated rings. The van der Waals surface area contributed by atoms with Gasteiger partial charge in [-0.2, -0.15) is 4.31 Å². The summed E-state index contributed by atoms with van der Waals surface area (Å²) < 4.78 is 31.4. The number of carbonyl (C=O) groups excluding carboxylic acids is 2. The predicted octanol–water partition coefficient (Wildman–Crippen LogP) is 1.45. The summed E-state index contributed by atoms with van der Waals surface area (Å²) >= 11 is 5.78. The molecule has 10 heteroatoms. The van der Waals surface area contributed by atoms with Crippen molar-refractivity contribution in [1.82, 2.24) is 14.5 Å². The van der Waals surface area contributed by atoms with E-state index in [0.717, 1.165) is 0 Å². The molecule has 1 N–H and O–H groups in total. The molecule has 3 rings (SSSR count). The molecule has 2 amide bonds. The molecule has 1 aromatic carbocycles. The van der Waals surface area contributed by atoms with E-state index in [2.05, 4.69) is 5.32 Å². The number of benzene rings is 1. The van der Waals surface area contributed by atoms with E-state index < -0.39 is 10.0 Å². The Morgan fingerprint density at radius 3 is 2.36 bits per heavy atom. The van der Waals surface area contributed by atoms with Crippen molar-refractivity contribution in [2.75, 3.05) is 38.5 Å². The lowest BCUT2D eigenvalue weighted by Crippen LogP contribution is -2.51. The van der Waals surface area contributed by atoms with Gasteiger partial charge in [-0.15, -0.1) is 0 Å². The van der Waals surface area contributed by atoms with Crippen LogP contribution in [0, 0.1) is 0 Å². The Balaban J connectivity index is 1.47. The van der Waals surface area contributed by atoms with Crippen molar-refractivity contribution in [2.45, 2.75) is 0 Å². The van der Waals surface area contributed by atoms with Gasteiger partial charge in [-0.3, -0.25) is 9.59 Å². The molecule has 0 bridgehead atoms. The van der Waals surface area contributed by atoms with Crippen LogP contribution < -0.4 is 5.32 Å². The van der Waals surface area contributed by atoms with Crippen LogP contribution in [0.3, 0.4) is 0 Å². The first-order valence-corrected chi connectivity index (χ1v) is 10.7. The molecule has 1 saturated heterocycles. The standard InChI is InChI=1S/C18H20ClN3O5S/c19-15-5-3-14(4-6-15)17(23)20-7-13-28(25,26)22-10-8-21(9-11-22)18(24)16-2-1-12-27-16/h1-6,12H,7-11,13H2,(H,20,23). The highest BCUT2D eigenvalue weighted by atomic mass is 35.5. The summed E-state index contributed by atoms with van der Waals surface area (Å²) in [6.07, 6.45) is 1.42. The highest BCUT2D eigenvalue weighted by molar-refractivity contribution is 7.89. The van der Waals surface area contributed by atoms with Crippen molar-refractivity contribution in [3.05, 3.63) is 59.0 Å². The first kappa shape index (κ1) is 20.4. The fraction of sp³-hybridized carbons (Fsp3) is 0.333. The smallest absolute Gasteiger partial charge is 0.289 e. The molecule has 1 aromatic heterocycles. The monoisotopic (exact) mass is 425 g/mol. The van der Waals surface area contributed by atoms with Crippen LogP contribution in [0.15, 0.2) is 47.1 Å². The minimum atomic E-state index is -3.53. The second-order valence-electron chi connectivity index (χ2n) is 6.25. The number of hydrogen-bond acceptors (Lipinski definition) is 5. The molecule has 2 heterocycles. The van der Waals surface area contributed by atoms with E-state index in [-0.39, 0.29) is 56.1 Å². The van der Waals surface area contributed by atoms with Gasteiger partial charge in [0.25, 0.3) is 11.8 Å². The zero-order valence-corrected chi connectivity index (χ0v) is 16.6. The molecule has 8 nitrogen and oxygen atoms in total. The van der Waals surface area contributed by atoms with Crippen molar-refractivity contribution >= 4 is 33.4 Å². The number of carbonyl (C=O) groups is 2. The number of sulfonamides is 1. The molecule has 0 radical (unpaired) electrons. The number of hydrogen-bond donors (Lipinski definition) is 1. The lowest BCUT2D eigenvalue weighted by Gasteiger charge is -2.33. The molecule has 2 aromatic rings. The van der Waals surface area contributed by atoms with Gasteiger partial charge in [0, 0.05) is 43.3 Å². The van der Waals surface area contributed by atoms with Crippen LogP contribution in [-0.2, 0) is 10.0 Å². The third kappa shape index (κ3) is 4.92. The SMILES string of the molecule is O=C(NCCS(=O)(=O)N1CCN(C(=O)c2ccco2)CC1)c1ccc(Cl)cc1. The molecular formula is C18H20ClN3O5S. The molecule has 0 aliphatic carbocycles. The van der Waals surface area contributed by atoms with Gasteiger partial charge in [-0.1, -0.05) is 11.6 Å². The molecule has 150 valence electrons. The Kier molecular flexibility index (Phi) is 6.38. The van der Waals surface area contributed by atoms with Crippen LogP contribution in [0.4, 0.5) is 0 Å². The number of amides is 2. The van der Waals surface area contributed by atoms with Crippen LogP contribution in [0.2, 0.25) is 5.02 Å². The number of nitrogens with zero attached hydrogens (tertiary/aromatic N) is 2. The number of halogens is 1. The first-order valence-electron chi connectivity index (χ1n) is 8.71. The van der Waals surface area contributed by atoms with Crippen LogP contribution in [0.5, 0.6) is 0 Å². The van der Waals surface area contributed by atoms with E-state index >= 15 is 0 Å². The molecular weight excluding hydrogens is 406 g/mol. The van der Waals surface area contributed by atoms with E-state index in [9.17, 15) is 18.0 Å². The average Bonchev–Trinajstić information content (AvgIpc) is 3.22. The zero-order valence-electron chi connectivity index (χ0n) is 15.0. The van der Waals surface area contributed by atoms with Gasteiger partial charge in [0.1, 0.15) is 0 Å². The normalized spacial score (nSPS) is 15.4. The van der Waals surface area contributed by atoms with Crippen molar-refractivity contribution in [1.29, 1.82) is 0 Å². The molecule has 1 aliphatic heterocycles. The van der Waals surface area contributed by atoms with Gasteiger partial charge in [0.05, 0.1) is 12.0 Å². The van der Waals surface area contributed by atoms with E-state index in [1.165, 1.54) is 10.6 Å². The predicted molar refractivity (Wildman–Crippen MR) is 104 cm³/mol. The highest BCUT2D eigenvalue weighted by Gasteiger charge is 2.29. The topological polar surface area (TPSA) is 99.9 Å². The maximum Gasteiger partial charge on any atom is 0.289 e. The first-order chi connectivity index (χ1) is 13.4. The quantitative estimate of drug-likeness (QED) is 0.755. The lowest BCUT2D eigenvalue weighted by atomic mass is 10.2. The fourth-order valence-electron chi connectivity index (χ4n) is 2.85. The Morgan fingerprint density at radius 2 is 1.75 bits per heavy atom. The van der Waals surface area contributed by atoms with Gasteiger partial charge in [-0.05, 0) is 36.4 Å². The van der Waals surface area contributed by atoms with Crippen LogP contribution in [0.1, 0.15) is 20.9 Å². The van der Waals surface area contributed by atoms with Gasteiger partial charge < -0.3 is 14.6 Å². The van der Waals surface area contributed by atoms with Gasteiger partial charge in [0.2, 0.25) is 10.0 Å². The molecule has 0 atom stereocenters. The number of nitrogens with one attached hydrogen (secondary N) is 1. The third-order valence-corrected chi connectivity index (χ3v) is 6.53. The van der Waals surface area contributed by atoms with Crippen LogP contribution in [0.25, 0.3) is 0 Å². The van der Waals surface area contributed by atoms with E-state index in [1.54, 1.807) is 41.3 Å². The average molecular weight is 426 g/mol. The second kappa shape index (κ2) is 8.76. The summed E-state index contributed by atoms with van der Waals surface area (Å²) in [6.45, 7) is 0.987. The molecule has 1 aliphatic rings. The molecule has 0 spiro atoms. The molecule has 0 saturated carbocycles. The Hall–Kier alpha value is -2.36. The van der Waals surface area contributed by atoms with E-state index in [0.29, 0.717) is 10.6 Å². The van der Waals surface area contributed by atoms with Gasteiger partial charge in [0.15, 0.2) is 5.76 Å². The summed E-state index contributed by atoms with van der Waals surface area (Å²) in [7, 11) is -3.53. The van der Waals surface area contributed by atoms with Gasteiger partial charge in [-0.25, -0.2) is 8.42 Å². The Bertz CT molecular complexity index is 921. The molecule has 28 heavy (non-hydrogen) atoms. The summed E-state index contributed by atoms with van der Waals surface area (Å²) in [5.41, 5.74) is 0.409. The van der Waals surface area contributed by atoms with Crippen molar-refractivity contribution in [3.63, 3.8) is 0 Å². The lowest BCUT2D eigenvalue weighted by molar-refractivity contribution is 0.0665. The van der Waals surface area contributed by atoms with Crippen molar-refractivity contribution < 1.29 is 22.4 Å². The van der Waals surface area contributed by atoms with Crippen LogP contribution in [-0.4, -0.2) is 67.9 Å². The zero-order chi connectivity index (χ0) is 20.1. The number of rotatable bonds is 6. The number of piperazine rings is 1. The summed E-state index contributed by atoms with van der Waals surface area (Å²) in [4.78, 5) is 25.8. The van der Waals surface area contributed by atoms with Crippen molar-refractivity contribution in [2.24, 2.45) is 0 Å². The Labute approximate surface area is 168 Å². The largest absolute Gasteiger partial charge is 0.459 e. The van der Waals surface area contributed by atoms with E-state index in [1.807, 2.05) is 0 Å². The minimum absolute atomic E-state index is 0.00463. The third-order valence-electron chi connectivity index (χ3n) is 4.40. The Morgan fingerprint density at radius 1 is 1.07 bits per heavy atom. The fourth-order valence-corrected chi connectivity index (χ4v) is 4.32. The maximum absolute atomic E-state index is 12.5. The molecule has 0 unspecified atom stereocenters. The van der Waals surface area contributed by atoms with Crippen LogP contribution >= 0.6 is 11.6 Å². The summed E-state index contributed by atoms with van der Waals surface area (Å²) in [5, 5.41) is 3.11. The second-order valence-corrected chi connectivity index (χ2v) is 8.77.